The first-order valence-corrected chi connectivity index (χ1v) is 8.26. The number of phenols is 1. The third-order valence-corrected chi connectivity index (χ3v) is 3.35. The predicted molar refractivity (Wildman–Crippen MR) is 99.8 cm³/mol. The SMILES string of the molecule is COCOc1cc(O)c(C(=O)/C=C/N(C)C)c(C(=O)O)c1OC(=O)C(C)(C)C. The largest absolute Gasteiger partial charge is 0.507 e. The van der Waals surface area contributed by atoms with Crippen molar-refractivity contribution >= 4 is 17.7 Å². The van der Waals surface area contributed by atoms with Crippen LogP contribution < -0.4 is 9.47 Å². The highest BCUT2D eigenvalue weighted by Crippen LogP contribution is 2.41. The molecule has 154 valence electrons. The average Bonchev–Trinajstić information content (AvgIpc) is 2.57. The molecule has 28 heavy (non-hydrogen) atoms. The number of allylic oxidation sites excluding steroid dienone is 1. The van der Waals surface area contributed by atoms with Gasteiger partial charge in [-0.3, -0.25) is 9.59 Å². The standard InChI is InChI=1S/C19H25NO8/c1-19(2,3)18(25)28-16-13(27-10-26-6)9-12(22)14(15(16)17(23)24)11(21)7-8-20(4)5/h7-9,22H,10H2,1-6H3,(H,23,24)/b8-7+. The summed E-state index contributed by atoms with van der Waals surface area (Å²) in [6.07, 6.45) is 2.48. The van der Waals surface area contributed by atoms with Gasteiger partial charge in [-0.05, 0) is 20.8 Å². The molecule has 0 bridgehead atoms. The zero-order chi connectivity index (χ0) is 21.6. The molecule has 0 amide bonds. The molecular weight excluding hydrogens is 370 g/mol. The number of aromatic hydroxyl groups is 1. The van der Waals surface area contributed by atoms with Gasteiger partial charge in [0.15, 0.2) is 24.1 Å². The monoisotopic (exact) mass is 395 g/mol. The van der Waals surface area contributed by atoms with Crippen LogP contribution in [0.5, 0.6) is 17.2 Å². The van der Waals surface area contributed by atoms with Gasteiger partial charge in [-0.2, -0.15) is 0 Å². The van der Waals surface area contributed by atoms with E-state index in [1.807, 2.05) is 0 Å². The summed E-state index contributed by atoms with van der Waals surface area (Å²) in [5.74, 6) is -4.46. The molecule has 1 aromatic carbocycles. The van der Waals surface area contributed by atoms with Crippen LogP contribution in [0.3, 0.4) is 0 Å². The van der Waals surface area contributed by atoms with E-state index in [9.17, 15) is 24.6 Å². The molecule has 0 fully saturated rings. The maximum Gasteiger partial charge on any atom is 0.340 e. The molecule has 0 aliphatic heterocycles. The van der Waals surface area contributed by atoms with Gasteiger partial charge in [-0.15, -0.1) is 0 Å². The van der Waals surface area contributed by atoms with Crippen LogP contribution in [-0.2, 0) is 9.53 Å². The molecule has 0 saturated carbocycles. The number of aromatic carboxylic acids is 1. The summed E-state index contributed by atoms with van der Waals surface area (Å²) in [6, 6.07) is 1.01. The van der Waals surface area contributed by atoms with Gasteiger partial charge in [-0.1, -0.05) is 0 Å². The number of rotatable bonds is 8. The quantitative estimate of drug-likeness (QED) is 0.224. The first kappa shape index (κ1) is 23.0. The molecule has 1 rings (SSSR count). The minimum atomic E-state index is -1.57. The number of carbonyl (C=O) groups excluding carboxylic acids is 2. The van der Waals surface area contributed by atoms with E-state index in [1.54, 1.807) is 39.8 Å². The lowest BCUT2D eigenvalue weighted by Crippen LogP contribution is -2.27. The van der Waals surface area contributed by atoms with Crippen molar-refractivity contribution in [1.29, 1.82) is 0 Å². The first-order chi connectivity index (χ1) is 12.9. The summed E-state index contributed by atoms with van der Waals surface area (Å²) in [5.41, 5.74) is -2.16. The Morgan fingerprint density at radius 3 is 2.25 bits per heavy atom. The number of ketones is 1. The van der Waals surface area contributed by atoms with Crippen molar-refractivity contribution in [1.82, 2.24) is 4.90 Å². The maximum atomic E-state index is 12.5. The van der Waals surface area contributed by atoms with Crippen LogP contribution >= 0.6 is 0 Å². The summed E-state index contributed by atoms with van der Waals surface area (Å²) >= 11 is 0. The fraction of sp³-hybridized carbons (Fsp3) is 0.421. The van der Waals surface area contributed by atoms with E-state index in [1.165, 1.54) is 13.3 Å². The summed E-state index contributed by atoms with van der Waals surface area (Å²) < 4.78 is 15.3. The highest BCUT2D eigenvalue weighted by molar-refractivity contribution is 6.14. The van der Waals surface area contributed by atoms with Crippen LogP contribution in [0, 0.1) is 5.41 Å². The Morgan fingerprint density at radius 1 is 1.18 bits per heavy atom. The molecule has 0 radical (unpaired) electrons. The van der Waals surface area contributed by atoms with Crippen molar-refractivity contribution in [2.75, 3.05) is 28.0 Å². The average molecular weight is 395 g/mol. The van der Waals surface area contributed by atoms with Crippen LogP contribution in [0.4, 0.5) is 0 Å². The molecule has 9 heteroatoms. The molecule has 0 aliphatic rings. The highest BCUT2D eigenvalue weighted by Gasteiger charge is 2.32. The van der Waals surface area contributed by atoms with Crippen LogP contribution in [0.1, 0.15) is 41.5 Å². The minimum absolute atomic E-state index is 0.248. The fourth-order valence-electron chi connectivity index (χ4n) is 1.96. The highest BCUT2D eigenvalue weighted by atomic mass is 16.7. The number of carboxylic acids is 1. The number of phenolic OH excluding ortho intramolecular Hbond substituents is 1. The van der Waals surface area contributed by atoms with E-state index in [0.29, 0.717) is 0 Å². The molecule has 0 aliphatic carbocycles. The normalized spacial score (nSPS) is 11.4. The Bertz CT molecular complexity index is 790. The topological polar surface area (TPSA) is 123 Å². The second kappa shape index (κ2) is 9.23. The number of ether oxygens (including phenoxy) is 3. The van der Waals surface area contributed by atoms with Crippen molar-refractivity contribution in [3.63, 3.8) is 0 Å². The summed E-state index contributed by atoms with van der Waals surface area (Å²) in [5, 5.41) is 20.0. The number of esters is 1. The van der Waals surface area contributed by atoms with Gasteiger partial charge in [0.1, 0.15) is 11.3 Å². The zero-order valence-corrected chi connectivity index (χ0v) is 16.7. The van der Waals surface area contributed by atoms with E-state index in [-0.39, 0.29) is 12.5 Å². The first-order valence-electron chi connectivity index (χ1n) is 8.26. The molecule has 0 heterocycles. The summed E-state index contributed by atoms with van der Waals surface area (Å²) in [4.78, 5) is 38.3. The smallest absolute Gasteiger partial charge is 0.340 e. The van der Waals surface area contributed by atoms with Crippen molar-refractivity contribution in [3.8, 4) is 17.2 Å². The van der Waals surface area contributed by atoms with Crippen molar-refractivity contribution in [3.05, 3.63) is 29.5 Å². The Balaban J connectivity index is 3.70. The van der Waals surface area contributed by atoms with E-state index < -0.39 is 45.8 Å². The van der Waals surface area contributed by atoms with Crippen LogP contribution in [0.2, 0.25) is 0 Å². The van der Waals surface area contributed by atoms with Gasteiger partial charge in [0, 0.05) is 39.5 Å². The molecule has 2 N–H and O–H groups in total. The van der Waals surface area contributed by atoms with Gasteiger partial charge < -0.3 is 29.3 Å². The van der Waals surface area contributed by atoms with Crippen LogP contribution in [-0.4, -0.2) is 60.8 Å². The van der Waals surface area contributed by atoms with Crippen molar-refractivity contribution in [2.45, 2.75) is 20.8 Å². The van der Waals surface area contributed by atoms with Gasteiger partial charge in [-0.25, -0.2) is 4.79 Å². The minimum Gasteiger partial charge on any atom is -0.507 e. The molecule has 0 unspecified atom stereocenters. The molecule has 9 nitrogen and oxygen atoms in total. The lowest BCUT2D eigenvalue weighted by atomic mass is 9.96. The van der Waals surface area contributed by atoms with Crippen LogP contribution in [0.15, 0.2) is 18.3 Å². The van der Waals surface area contributed by atoms with Crippen molar-refractivity contribution in [2.24, 2.45) is 5.41 Å². The third-order valence-electron chi connectivity index (χ3n) is 3.35. The lowest BCUT2D eigenvalue weighted by Gasteiger charge is -2.21. The molecule has 0 aromatic heterocycles. The van der Waals surface area contributed by atoms with E-state index in [0.717, 1.165) is 12.1 Å². The fourth-order valence-corrected chi connectivity index (χ4v) is 1.96. The molecule has 1 aromatic rings. The zero-order valence-electron chi connectivity index (χ0n) is 16.7. The van der Waals surface area contributed by atoms with E-state index in [2.05, 4.69) is 0 Å². The van der Waals surface area contributed by atoms with Gasteiger partial charge in [0.25, 0.3) is 0 Å². The van der Waals surface area contributed by atoms with Gasteiger partial charge in [0.2, 0.25) is 0 Å². The molecule has 0 atom stereocenters. The lowest BCUT2D eigenvalue weighted by molar-refractivity contribution is -0.143. The number of carboxylic acid groups (broad SMARTS) is 1. The van der Waals surface area contributed by atoms with Gasteiger partial charge >= 0.3 is 11.9 Å². The Hall–Kier alpha value is -3.07. The Kier molecular flexibility index (Phi) is 7.57. The second-order valence-electron chi connectivity index (χ2n) is 7.11. The van der Waals surface area contributed by atoms with E-state index in [4.69, 9.17) is 14.2 Å². The number of methoxy groups -OCH3 is 1. The Morgan fingerprint density at radius 2 is 1.79 bits per heavy atom. The second-order valence-corrected chi connectivity index (χ2v) is 7.11. The van der Waals surface area contributed by atoms with E-state index >= 15 is 0 Å². The molecular formula is C19H25NO8. The van der Waals surface area contributed by atoms with Crippen molar-refractivity contribution < 1.29 is 38.8 Å². The maximum absolute atomic E-state index is 12.5. The number of benzene rings is 1. The number of hydrogen-bond donors (Lipinski definition) is 2. The van der Waals surface area contributed by atoms with Gasteiger partial charge in [0.05, 0.1) is 11.0 Å². The summed E-state index contributed by atoms with van der Waals surface area (Å²) in [6.45, 7) is 4.44. The molecule has 0 saturated heterocycles. The Labute approximate surface area is 163 Å². The predicted octanol–water partition coefficient (Wildman–Crippen LogP) is 2.28. The molecule has 0 spiro atoms. The number of carbonyl (C=O) groups is 3. The summed E-state index contributed by atoms with van der Waals surface area (Å²) in [7, 11) is 4.67. The number of hydrogen-bond acceptors (Lipinski definition) is 8. The van der Waals surface area contributed by atoms with Crippen LogP contribution in [0.25, 0.3) is 0 Å². The third kappa shape index (κ3) is 5.71. The number of nitrogens with zero attached hydrogens (tertiary/aromatic N) is 1.